The standard InChI is InChI=1S/C61H115N2O7P/c1-6-8-10-12-14-16-18-20-21-22-23-24-25-26-27-28-29-30-31-32-33-34-35-36-37-38-39-40-41-42-44-46-48-50-52-54-60(65)62-58(57-70-71(67,68)69-56-55-63(3,4)5)61(66)59(64)53-51-49-47-45-43-19-17-15-13-11-9-7-2/h8,10,14,16,20-21,23-24,26-27,58-59,61,64,66H,6-7,9,11-13,15,17-19,22,25,28-57H2,1-5H3,(H-,62,65,67,68)/b10-8-,16-14-,21-20-,24-23-,27-26-. The van der Waals surface area contributed by atoms with Gasteiger partial charge in [0.2, 0.25) is 5.91 Å². The summed E-state index contributed by atoms with van der Waals surface area (Å²) in [5.41, 5.74) is 0. The molecule has 0 saturated carbocycles. The highest BCUT2D eigenvalue weighted by Crippen LogP contribution is 2.38. The molecule has 0 fully saturated rings. The molecule has 4 atom stereocenters. The van der Waals surface area contributed by atoms with Crippen LogP contribution in [0.5, 0.6) is 0 Å². The number of hydrogen-bond acceptors (Lipinski definition) is 7. The fraction of sp³-hybridized carbons (Fsp3) is 0.820. The molecule has 0 aromatic rings. The van der Waals surface area contributed by atoms with Gasteiger partial charge in [-0.15, -0.1) is 0 Å². The highest BCUT2D eigenvalue weighted by atomic mass is 31.2. The van der Waals surface area contributed by atoms with Gasteiger partial charge in [0.15, 0.2) is 0 Å². The van der Waals surface area contributed by atoms with Crippen LogP contribution in [0.2, 0.25) is 0 Å². The maximum absolute atomic E-state index is 13.0. The summed E-state index contributed by atoms with van der Waals surface area (Å²) in [4.78, 5) is 25.5. The van der Waals surface area contributed by atoms with Crippen molar-refractivity contribution in [1.82, 2.24) is 5.32 Å². The van der Waals surface area contributed by atoms with E-state index in [2.05, 4.69) is 79.9 Å². The normalized spacial score (nSPS) is 14.8. The largest absolute Gasteiger partial charge is 0.756 e. The average Bonchev–Trinajstić information content (AvgIpc) is 3.33. The minimum absolute atomic E-state index is 0.0404. The molecule has 0 aromatic carbocycles. The summed E-state index contributed by atoms with van der Waals surface area (Å²) in [6.07, 6.45) is 65.8. The van der Waals surface area contributed by atoms with Gasteiger partial charge in [0.25, 0.3) is 7.82 Å². The van der Waals surface area contributed by atoms with Crippen molar-refractivity contribution in [2.24, 2.45) is 0 Å². The van der Waals surface area contributed by atoms with Gasteiger partial charge in [-0.05, 0) is 57.8 Å². The summed E-state index contributed by atoms with van der Waals surface area (Å²) in [5.74, 6) is -0.277. The zero-order valence-corrected chi connectivity index (χ0v) is 47.9. The number of allylic oxidation sites excluding steroid dienone is 10. The molecule has 0 saturated heterocycles. The van der Waals surface area contributed by atoms with E-state index in [1.165, 1.54) is 167 Å². The van der Waals surface area contributed by atoms with E-state index in [9.17, 15) is 24.5 Å². The van der Waals surface area contributed by atoms with Gasteiger partial charge in [0.05, 0.1) is 39.9 Å². The third-order valence-corrected chi connectivity index (χ3v) is 14.3. The highest BCUT2D eigenvalue weighted by Gasteiger charge is 2.29. The summed E-state index contributed by atoms with van der Waals surface area (Å²) in [6.45, 7) is 4.34. The third-order valence-electron chi connectivity index (χ3n) is 13.4. The van der Waals surface area contributed by atoms with Crippen molar-refractivity contribution in [2.45, 2.75) is 283 Å². The number of aliphatic hydroxyl groups excluding tert-OH is 2. The summed E-state index contributed by atoms with van der Waals surface area (Å²) in [5, 5.41) is 24.8. The van der Waals surface area contributed by atoms with Crippen molar-refractivity contribution in [1.29, 1.82) is 0 Å². The van der Waals surface area contributed by atoms with E-state index in [1.807, 2.05) is 21.1 Å². The lowest BCUT2D eigenvalue weighted by Gasteiger charge is -2.31. The van der Waals surface area contributed by atoms with Gasteiger partial charge in [-0.1, -0.05) is 261 Å². The lowest BCUT2D eigenvalue weighted by atomic mass is 9.99. The number of likely N-dealkylation sites (N-methyl/N-ethyl adjacent to an activating group) is 1. The van der Waals surface area contributed by atoms with Crippen LogP contribution in [0.4, 0.5) is 0 Å². The van der Waals surface area contributed by atoms with Crippen molar-refractivity contribution in [2.75, 3.05) is 40.9 Å². The van der Waals surface area contributed by atoms with Gasteiger partial charge >= 0.3 is 0 Å². The Hall–Kier alpha value is -1.84. The molecule has 416 valence electrons. The molecule has 10 heteroatoms. The number of nitrogens with zero attached hydrogens (tertiary/aromatic N) is 1. The summed E-state index contributed by atoms with van der Waals surface area (Å²) in [7, 11) is 1.13. The second-order valence-electron chi connectivity index (χ2n) is 21.5. The summed E-state index contributed by atoms with van der Waals surface area (Å²) < 4.78 is 23.3. The second kappa shape index (κ2) is 51.6. The summed E-state index contributed by atoms with van der Waals surface area (Å²) >= 11 is 0. The van der Waals surface area contributed by atoms with Crippen LogP contribution < -0.4 is 10.2 Å². The molecule has 1 amide bonds. The highest BCUT2D eigenvalue weighted by molar-refractivity contribution is 7.45. The predicted molar refractivity (Wildman–Crippen MR) is 303 cm³/mol. The van der Waals surface area contributed by atoms with Crippen molar-refractivity contribution in [3.63, 3.8) is 0 Å². The van der Waals surface area contributed by atoms with Gasteiger partial charge in [-0.25, -0.2) is 0 Å². The summed E-state index contributed by atoms with van der Waals surface area (Å²) in [6, 6.07) is -1.07. The number of rotatable bonds is 54. The molecule has 0 rings (SSSR count). The number of carbonyl (C=O) groups excluding carboxylic acids is 1. The molecule has 4 unspecified atom stereocenters. The van der Waals surface area contributed by atoms with Crippen LogP contribution in [0.1, 0.15) is 264 Å². The Morgan fingerprint density at radius 2 is 0.887 bits per heavy atom. The third kappa shape index (κ3) is 52.8. The maximum atomic E-state index is 13.0. The monoisotopic (exact) mass is 1020 g/mol. The van der Waals surface area contributed by atoms with Crippen molar-refractivity contribution >= 4 is 13.7 Å². The Labute approximate surface area is 439 Å². The Balaban J connectivity index is 4.04. The molecular weight excluding hydrogens is 904 g/mol. The minimum atomic E-state index is -4.67. The number of nitrogens with one attached hydrogen (secondary N) is 1. The first-order valence-electron chi connectivity index (χ1n) is 29.7. The lowest BCUT2D eigenvalue weighted by Crippen LogP contribution is -2.51. The second-order valence-corrected chi connectivity index (χ2v) is 22.9. The first-order chi connectivity index (χ1) is 34.4. The number of unbranched alkanes of at least 4 members (excludes halogenated alkanes) is 30. The van der Waals surface area contributed by atoms with E-state index < -0.39 is 32.7 Å². The smallest absolute Gasteiger partial charge is 0.268 e. The Bertz CT molecular complexity index is 1360. The molecule has 0 heterocycles. The van der Waals surface area contributed by atoms with Crippen LogP contribution in [0.15, 0.2) is 60.8 Å². The Morgan fingerprint density at radius 3 is 1.30 bits per heavy atom. The predicted octanol–water partition coefficient (Wildman–Crippen LogP) is 16.4. The quantitative estimate of drug-likeness (QED) is 0.0240. The van der Waals surface area contributed by atoms with Crippen molar-refractivity contribution < 1.29 is 38.0 Å². The maximum Gasteiger partial charge on any atom is 0.268 e. The van der Waals surface area contributed by atoms with Crippen LogP contribution >= 0.6 is 7.82 Å². The number of amides is 1. The number of quaternary nitrogens is 1. The van der Waals surface area contributed by atoms with E-state index in [0.29, 0.717) is 17.4 Å². The molecule has 71 heavy (non-hydrogen) atoms. The number of hydrogen-bond donors (Lipinski definition) is 3. The van der Waals surface area contributed by atoms with E-state index in [4.69, 9.17) is 9.05 Å². The van der Waals surface area contributed by atoms with Gasteiger partial charge < -0.3 is 34.0 Å². The first kappa shape index (κ1) is 69.2. The SMILES string of the molecule is CC/C=C\C/C=C\C/C=C\C/C=C\C/C=C\CCCCCCCCCCCCCCCCCCCCCC(=O)NC(COP(=O)([O-])OCC[N+](C)(C)C)C(O)C(O)CCCCCCCCCCCCCC. The molecule has 0 aliphatic heterocycles. The Morgan fingerprint density at radius 1 is 0.521 bits per heavy atom. The van der Waals surface area contributed by atoms with Crippen molar-refractivity contribution in [3.8, 4) is 0 Å². The molecular formula is C61H115N2O7P. The fourth-order valence-electron chi connectivity index (χ4n) is 8.69. The van der Waals surface area contributed by atoms with Crippen LogP contribution in [-0.4, -0.2) is 79.8 Å². The van der Waals surface area contributed by atoms with Crippen molar-refractivity contribution in [3.05, 3.63) is 60.8 Å². The van der Waals surface area contributed by atoms with Gasteiger partial charge in [0, 0.05) is 6.42 Å². The molecule has 0 aliphatic rings. The molecule has 0 aromatic heterocycles. The van der Waals surface area contributed by atoms with E-state index in [0.717, 1.165) is 70.6 Å². The Kier molecular flexibility index (Phi) is 50.3. The zero-order chi connectivity index (χ0) is 52.2. The molecule has 9 nitrogen and oxygen atoms in total. The zero-order valence-electron chi connectivity index (χ0n) is 47.0. The molecule has 0 aliphatic carbocycles. The molecule has 0 radical (unpaired) electrons. The molecule has 3 N–H and O–H groups in total. The van der Waals surface area contributed by atoms with Crippen LogP contribution in [-0.2, 0) is 18.4 Å². The molecule has 0 bridgehead atoms. The number of aliphatic hydroxyl groups is 2. The van der Waals surface area contributed by atoms with Gasteiger partial charge in [-0.2, -0.15) is 0 Å². The topological polar surface area (TPSA) is 128 Å². The number of carbonyl (C=O) groups is 1. The van der Waals surface area contributed by atoms with Crippen LogP contribution in [0.3, 0.4) is 0 Å². The van der Waals surface area contributed by atoms with E-state index >= 15 is 0 Å². The van der Waals surface area contributed by atoms with Crippen LogP contribution in [0.25, 0.3) is 0 Å². The number of phosphoric acid groups is 1. The molecule has 0 spiro atoms. The lowest BCUT2D eigenvalue weighted by molar-refractivity contribution is -0.870. The number of phosphoric ester groups is 1. The average molecular weight is 1020 g/mol. The van der Waals surface area contributed by atoms with Gasteiger partial charge in [0.1, 0.15) is 19.3 Å². The van der Waals surface area contributed by atoms with E-state index in [1.54, 1.807) is 0 Å². The van der Waals surface area contributed by atoms with Crippen LogP contribution in [0, 0.1) is 0 Å². The van der Waals surface area contributed by atoms with E-state index in [-0.39, 0.29) is 18.9 Å². The fourth-order valence-corrected chi connectivity index (χ4v) is 9.42. The first-order valence-corrected chi connectivity index (χ1v) is 31.2. The minimum Gasteiger partial charge on any atom is -0.756 e. The van der Waals surface area contributed by atoms with Gasteiger partial charge in [-0.3, -0.25) is 9.36 Å².